The van der Waals surface area contributed by atoms with Crippen LogP contribution in [0.2, 0.25) is 0 Å². The molecule has 1 rings (SSSR count). The quantitative estimate of drug-likeness (QED) is 0.722. The van der Waals surface area contributed by atoms with Crippen molar-refractivity contribution in [2.45, 2.75) is 33.2 Å². The summed E-state index contributed by atoms with van der Waals surface area (Å²) < 4.78 is 5.21. The third kappa shape index (κ3) is 2.99. The van der Waals surface area contributed by atoms with Crippen LogP contribution in [0, 0.1) is 5.92 Å². The van der Waals surface area contributed by atoms with Crippen LogP contribution in [-0.4, -0.2) is 16.7 Å². The summed E-state index contributed by atoms with van der Waals surface area (Å²) in [6, 6.07) is 0.470. The van der Waals surface area contributed by atoms with Crippen LogP contribution in [0.1, 0.15) is 32.6 Å². The van der Waals surface area contributed by atoms with Gasteiger partial charge in [0.25, 0.3) is 0 Å². The number of nitrogens with one attached hydrogen (secondary N) is 1. The molecule has 0 saturated carbocycles. The second kappa shape index (κ2) is 5.59. The summed E-state index contributed by atoms with van der Waals surface area (Å²) in [4.78, 5) is 0. The zero-order valence-electron chi connectivity index (χ0n) is 8.79. The molecule has 0 unspecified atom stereocenters. The molecule has 80 valence electrons. The Morgan fingerprint density at radius 2 is 2.07 bits per heavy atom. The highest BCUT2D eigenvalue weighted by Gasteiger charge is 2.06. The normalized spacial score (nSPS) is 10.9. The van der Waals surface area contributed by atoms with E-state index in [1.165, 1.54) is 0 Å². The van der Waals surface area contributed by atoms with E-state index in [9.17, 15) is 0 Å². The number of nitrogens with zero attached hydrogens (tertiary/aromatic N) is 2. The maximum atomic E-state index is 5.35. The summed E-state index contributed by atoms with van der Waals surface area (Å²) in [5, 5.41) is 10.7. The lowest BCUT2D eigenvalue weighted by molar-refractivity contribution is 0.483. The number of aromatic nitrogens is 2. The highest BCUT2D eigenvalue weighted by atomic mass is 16.4. The molecule has 14 heavy (non-hydrogen) atoms. The Morgan fingerprint density at radius 1 is 1.36 bits per heavy atom. The van der Waals surface area contributed by atoms with E-state index < -0.39 is 0 Å². The molecule has 0 spiro atoms. The predicted molar refractivity (Wildman–Crippen MR) is 54.8 cm³/mol. The van der Waals surface area contributed by atoms with Crippen molar-refractivity contribution < 1.29 is 4.42 Å². The van der Waals surface area contributed by atoms with Gasteiger partial charge in [-0.2, -0.15) is 0 Å². The first-order chi connectivity index (χ1) is 6.80. The summed E-state index contributed by atoms with van der Waals surface area (Å²) in [5.74, 6) is 1.13. The van der Waals surface area contributed by atoms with E-state index in [4.69, 9.17) is 10.2 Å². The van der Waals surface area contributed by atoms with Gasteiger partial charge in [0.15, 0.2) is 0 Å². The number of nitrogens with two attached hydrogens (primary N) is 1. The Hall–Kier alpha value is -1.10. The Balaban J connectivity index is 2.37. The van der Waals surface area contributed by atoms with E-state index in [2.05, 4.69) is 29.4 Å². The van der Waals surface area contributed by atoms with Gasteiger partial charge in [0.05, 0.1) is 6.54 Å². The number of rotatable bonds is 6. The van der Waals surface area contributed by atoms with Crippen LogP contribution in [0.4, 0.5) is 6.01 Å². The van der Waals surface area contributed by atoms with Crippen LogP contribution in [-0.2, 0) is 6.54 Å². The van der Waals surface area contributed by atoms with Gasteiger partial charge >= 0.3 is 6.01 Å². The SMILES string of the molecule is CCC(CC)CNc1nnc(CN)o1. The Morgan fingerprint density at radius 3 is 2.57 bits per heavy atom. The van der Waals surface area contributed by atoms with Crippen molar-refractivity contribution in [3.05, 3.63) is 5.89 Å². The third-order valence-electron chi connectivity index (χ3n) is 2.34. The first-order valence-corrected chi connectivity index (χ1v) is 5.06. The molecule has 1 aromatic rings. The molecule has 0 aliphatic rings. The second-order valence-corrected chi connectivity index (χ2v) is 3.27. The van der Waals surface area contributed by atoms with Crippen LogP contribution in [0.3, 0.4) is 0 Å². The minimum Gasteiger partial charge on any atom is -0.407 e. The molecular weight excluding hydrogens is 180 g/mol. The fourth-order valence-electron chi connectivity index (χ4n) is 1.22. The van der Waals surface area contributed by atoms with Gasteiger partial charge in [0.2, 0.25) is 5.89 Å². The van der Waals surface area contributed by atoms with E-state index in [1.54, 1.807) is 0 Å². The van der Waals surface area contributed by atoms with E-state index in [-0.39, 0.29) is 0 Å². The molecule has 0 amide bonds. The molecule has 1 aromatic heterocycles. The molecule has 0 atom stereocenters. The van der Waals surface area contributed by atoms with Gasteiger partial charge in [-0.15, -0.1) is 5.10 Å². The molecule has 0 fully saturated rings. The van der Waals surface area contributed by atoms with E-state index in [0.717, 1.165) is 19.4 Å². The van der Waals surface area contributed by atoms with Crippen LogP contribution in [0.25, 0.3) is 0 Å². The van der Waals surface area contributed by atoms with Crippen molar-refractivity contribution in [3.63, 3.8) is 0 Å². The van der Waals surface area contributed by atoms with Crippen molar-refractivity contribution in [2.24, 2.45) is 11.7 Å². The summed E-state index contributed by atoms with van der Waals surface area (Å²) in [6.45, 7) is 5.52. The van der Waals surface area contributed by atoms with Crippen molar-refractivity contribution in [1.82, 2.24) is 10.2 Å². The first kappa shape index (κ1) is 11.0. The minimum atomic E-state index is 0.291. The third-order valence-corrected chi connectivity index (χ3v) is 2.34. The average Bonchev–Trinajstić information content (AvgIpc) is 2.67. The maximum Gasteiger partial charge on any atom is 0.315 e. The van der Waals surface area contributed by atoms with Crippen molar-refractivity contribution in [1.29, 1.82) is 0 Å². The lowest BCUT2D eigenvalue weighted by atomic mass is 10.0. The monoisotopic (exact) mass is 198 g/mol. The van der Waals surface area contributed by atoms with E-state index in [0.29, 0.717) is 24.4 Å². The van der Waals surface area contributed by atoms with Gasteiger partial charge < -0.3 is 15.5 Å². The lowest BCUT2D eigenvalue weighted by Crippen LogP contribution is -2.12. The van der Waals surface area contributed by atoms with Gasteiger partial charge in [0, 0.05) is 6.54 Å². The summed E-state index contributed by atoms with van der Waals surface area (Å²) >= 11 is 0. The minimum absolute atomic E-state index is 0.291. The second-order valence-electron chi connectivity index (χ2n) is 3.27. The molecule has 5 heteroatoms. The molecular formula is C9H18N4O. The van der Waals surface area contributed by atoms with Crippen LogP contribution < -0.4 is 11.1 Å². The number of hydrogen-bond donors (Lipinski definition) is 2. The molecule has 5 nitrogen and oxygen atoms in total. The highest BCUT2D eigenvalue weighted by Crippen LogP contribution is 2.10. The van der Waals surface area contributed by atoms with Crippen LogP contribution >= 0.6 is 0 Å². The van der Waals surface area contributed by atoms with Crippen molar-refractivity contribution >= 4 is 6.01 Å². The largest absolute Gasteiger partial charge is 0.407 e. The van der Waals surface area contributed by atoms with Gasteiger partial charge in [-0.3, -0.25) is 0 Å². The standard InChI is InChI=1S/C9H18N4O/c1-3-7(4-2)6-11-9-13-12-8(5-10)14-9/h7H,3-6,10H2,1-2H3,(H,11,13). The summed E-state index contributed by atoms with van der Waals surface area (Å²) in [7, 11) is 0. The Bertz CT molecular complexity index is 257. The number of hydrogen-bond acceptors (Lipinski definition) is 5. The van der Waals surface area contributed by atoms with Crippen LogP contribution in [0.5, 0.6) is 0 Å². The Labute approximate surface area is 84.1 Å². The molecule has 0 aromatic carbocycles. The van der Waals surface area contributed by atoms with Gasteiger partial charge in [-0.05, 0) is 5.92 Å². The fraction of sp³-hybridized carbons (Fsp3) is 0.778. The van der Waals surface area contributed by atoms with E-state index >= 15 is 0 Å². The smallest absolute Gasteiger partial charge is 0.315 e. The molecule has 0 bridgehead atoms. The van der Waals surface area contributed by atoms with Gasteiger partial charge in [-0.1, -0.05) is 31.8 Å². The first-order valence-electron chi connectivity index (χ1n) is 5.06. The summed E-state index contributed by atoms with van der Waals surface area (Å²) in [6.07, 6.45) is 2.31. The molecule has 0 aliphatic heterocycles. The zero-order chi connectivity index (χ0) is 10.4. The topological polar surface area (TPSA) is 77.0 Å². The maximum absolute atomic E-state index is 5.35. The molecule has 1 heterocycles. The zero-order valence-corrected chi connectivity index (χ0v) is 8.79. The Kier molecular flexibility index (Phi) is 4.39. The molecule has 0 radical (unpaired) electrons. The highest BCUT2D eigenvalue weighted by molar-refractivity contribution is 5.16. The van der Waals surface area contributed by atoms with Crippen LogP contribution in [0.15, 0.2) is 4.42 Å². The predicted octanol–water partition coefficient (Wildman–Crippen LogP) is 1.38. The van der Waals surface area contributed by atoms with Crippen molar-refractivity contribution in [2.75, 3.05) is 11.9 Å². The lowest BCUT2D eigenvalue weighted by Gasteiger charge is -2.10. The fourth-order valence-corrected chi connectivity index (χ4v) is 1.22. The van der Waals surface area contributed by atoms with E-state index in [1.807, 2.05) is 0 Å². The molecule has 0 saturated heterocycles. The number of anilines is 1. The summed E-state index contributed by atoms with van der Waals surface area (Å²) in [5.41, 5.74) is 5.35. The molecule has 3 N–H and O–H groups in total. The van der Waals surface area contributed by atoms with Gasteiger partial charge in [0.1, 0.15) is 0 Å². The molecule has 0 aliphatic carbocycles. The van der Waals surface area contributed by atoms with Crippen molar-refractivity contribution in [3.8, 4) is 0 Å². The average molecular weight is 198 g/mol. The van der Waals surface area contributed by atoms with Gasteiger partial charge in [-0.25, -0.2) is 0 Å².